The van der Waals surface area contributed by atoms with Crippen LogP contribution in [-0.2, 0) is 4.74 Å². The summed E-state index contributed by atoms with van der Waals surface area (Å²) in [5.74, 6) is 0. The average Bonchev–Trinajstić information content (AvgIpc) is 2.04. The number of hydrogen-bond acceptors (Lipinski definition) is 3. The molecule has 0 saturated carbocycles. The van der Waals surface area contributed by atoms with Gasteiger partial charge < -0.3 is 14.7 Å². The lowest BCUT2D eigenvalue weighted by Gasteiger charge is -2.16. The number of rotatable bonds is 8. The summed E-state index contributed by atoms with van der Waals surface area (Å²) in [6, 6.07) is 0. The minimum Gasteiger partial charge on any atom is -0.393 e. The largest absolute Gasteiger partial charge is 0.393 e. The van der Waals surface area contributed by atoms with Crippen molar-refractivity contribution in [2.45, 2.75) is 32.8 Å². The van der Waals surface area contributed by atoms with Crippen molar-refractivity contribution in [1.82, 2.24) is 4.90 Å². The average molecular weight is 189 g/mol. The predicted molar refractivity (Wildman–Crippen MR) is 54.9 cm³/mol. The Morgan fingerprint density at radius 2 is 2.08 bits per heavy atom. The fourth-order valence-corrected chi connectivity index (χ4v) is 1.13. The van der Waals surface area contributed by atoms with Crippen molar-refractivity contribution in [2.24, 2.45) is 0 Å². The smallest absolute Gasteiger partial charge is 0.0593 e. The van der Waals surface area contributed by atoms with E-state index in [4.69, 9.17) is 9.84 Å². The Balaban J connectivity index is 3.15. The molecular formula is C10H23NO2. The highest BCUT2D eigenvalue weighted by atomic mass is 16.5. The molecule has 1 atom stereocenters. The summed E-state index contributed by atoms with van der Waals surface area (Å²) < 4.78 is 5.24. The third-order valence-electron chi connectivity index (χ3n) is 1.98. The molecule has 0 amide bonds. The zero-order chi connectivity index (χ0) is 10.1. The Kier molecular flexibility index (Phi) is 8.40. The molecule has 0 unspecified atom stereocenters. The van der Waals surface area contributed by atoms with Gasteiger partial charge in [-0.05, 0) is 40.3 Å². The van der Waals surface area contributed by atoms with Gasteiger partial charge in [-0.25, -0.2) is 0 Å². The van der Waals surface area contributed by atoms with E-state index in [9.17, 15) is 0 Å². The van der Waals surface area contributed by atoms with Crippen LogP contribution in [0.4, 0.5) is 0 Å². The first-order chi connectivity index (χ1) is 6.16. The maximum atomic E-state index is 9.04. The van der Waals surface area contributed by atoms with Crippen molar-refractivity contribution in [1.29, 1.82) is 0 Å². The number of ether oxygens (including phenoxy) is 1. The summed E-state index contributed by atoms with van der Waals surface area (Å²) in [5, 5.41) is 9.04. The van der Waals surface area contributed by atoms with Crippen LogP contribution in [-0.4, -0.2) is 49.5 Å². The predicted octanol–water partition coefficient (Wildman–Crippen LogP) is 1.12. The summed E-state index contributed by atoms with van der Waals surface area (Å²) >= 11 is 0. The van der Waals surface area contributed by atoms with Gasteiger partial charge in [0, 0.05) is 13.2 Å². The SMILES string of the molecule is CCOCCN(C)CCC[C@H](C)O. The third-order valence-corrected chi connectivity index (χ3v) is 1.98. The van der Waals surface area contributed by atoms with Crippen molar-refractivity contribution in [3.05, 3.63) is 0 Å². The van der Waals surface area contributed by atoms with Gasteiger partial charge in [0.1, 0.15) is 0 Å². The van der Waals surface area contributed by atoms with Gasteiger partial charge in [0.2, 0.25) is 0 Å². The van der Waals surface area contributed by atoms with Gasteiger partial charge in [-0.15, -0.1) is 0 Å². The molecule has 0 fully saturated rings. The van der Waals surface area contributed by atoms with Crippen molar-refractivity contribution >= 4 is 0 Å². The van der Waals surface area contributed by atoms with Crippen molar-refractivity contribution in [2.75, 3.05) is 33.4 Å². The zero-order valence-corrected chi connectivity index (χ0v) is 9.12. The normalized spacial score (nSPS) is 13.6. The van der Waals surface area contributed by atoms with Gasteiger partial charge in [0.25, 0.3) is 0 Å². The standard InChI is InChI=1S/C10H23NO2/c1-4-13-9-8-11(3)7-5-6-10(2)12/h10,12H,4-9H2,1-3H3/t10-/m0/s1. The molecule has 80 valence electrons. The molecule has 3 nitrogen and oxygen atoms in total. The lowest BCUT2D eigenvalue weighted by Crippen LogP contribution is -2.24. The second kappa shape index (κ2) is 8.48. The Morgan fingerprint density at radius 1 is 1.38 bits per heavy atom. The molecule has 0 aliphatic heterocycles. The fourth-order valence-electron chi connectivity index (χ4n) is 1.13. The maximum absolute atomic E-state index is 9.04. The van der Waals surface area contributed by atoms with Crippen LogP contribution >= 0.6 is 0 Å². The Labute approximate surface area is 81.7 Å². The summed E-state index contributed by atoms with van der Waals surface area (Å²) in [7, 11) is 2.08. The highest BCUT2D eigenvalue weighted by molar-refractivity contribution is 4.53. The van der Waals surface area contributed by atoms with Gasteiger partial charge in [0.05, 0.1) is 12.7 Å². The lowest BCUT2D eigenvalue weighted by molar-refractivity contribution is 0.118. The quantitative estimate of drug-likeness (QED) is 0.581. The highest BCUT2D eigenvalue weighted by Crippen LogP contribution is 1.97. The first-order valence-corrected chi connectivity index (χ1v) is 5.11. The maximum Gasteiger partial charge on any atom is 0.0593 e. The molecule has 13 heavy (non-hydrogen) atoms. The van der Waals surface area contributed by atoms with Crippen LogP contribution in [0.1, 0.15) is 26.7 Å². The van der Waals surface area contributed by atoms with E-state index in [0.29, 0.717) is 0 Å². The van der Waals surface area contributed by atoms with Crippen molar-refractivity contribution in [3.63, 3.8) is 0 Å². The van der Waals surface area contributed by atoms with Crippen LogP contribution in [0.5, 0.6) is 0 Å². The fraction of sp³-hybridized carbons (Fsp3) is 1.00. The summed E-state index contributed by atoms with van der Waals surface area (Å²) in [4.78, 5) is 2.23. The van der Waals surface area contributed by atoms with E-state index in [1.165, 1.54) is 0 Å². The van der Waals surface area contributed by atoms with E-state index in [1.54, 1.807) is 0 Å². The second-order valence-corrected chi connectivity index (χ2v) is 3.49. The lowest BCUT2D eigenvalue weighted by atomic mass is 10.2. The number of nitrogens with zero attached hydrogens (tertiary/aromatic N) is 1. The Hall–Kier alpha value is -0.120. The van der Waals surface area contributed by atoms with E-state index in [-0.39, 0.29) is 6.10 Å². The molecule has 0 rings (SSSR count). The van der Waals surface area contributed by atoms with E-state index in [2.05, 4.69) is 11.9 Å². The molecule has 0 saturated heterocycles. The number of likely N-dealkylation sites (N-methyl/N-ethyl adjacent to an activating group) is 1. The molecular weight excluding hydrogens is 166 g/mol. The molecule has 0 heterocycles. The first kappa shape index (κ1) is 12.9. The van der Waals surface area contributed by atoms with Gasteiger partial charge in [-0.3, -0.25) is 0 Å². The molecule has 3 heteroatoms. The van der Waals surface area contributed by atoms with Crippen LogP contribution in [0, 0.1) is 0 Å². The first-order valence-electron chi connectivity index (χ1n) is 5.11. The van der Waals surface area contributed by atoms with Crippen LogP contribution in [0.15, 0.2) is 0 Å². The molecule has 0 aromatic heterocycles. The summed E-state index contributed by atoms with van der Waals surface area (Å²) in [5.41, 5.74) is 0. The highest BCUT2D eigenvalue weighted by Gasteiger charge is 1.99. The van der Waals surface area contributed by atoms with Crippen LogP contribution in [0.2, 0.25) is 0 Å². The Bertz CT molecular complexity index is 107. The van der Waals surface area contributed by atoms with Crippen LogP contribution < -0.4 is 0 Å². The zero-order valence-electron chi connectivity index (χ0n) is 9.12. The molecule has 0 aromatic rings. The summed E-state index contributed by atoms with van der Waals surface area (Å²) in [6.07, 6.45) is 1.78. The van der Waals surface area contributed by atoms with Crippen LogP contribution in [0.25, 0.3) is 0 Å². The minimum absolute atomic E-state index is 0.166. The molecule has 0 aromatic carbocycles. The molecule has 0 aliphatic carbocycles. The van der Waals surface area contributed by atoms with Crippen molar-refractivity contribution < 1.29 is 9.84 Å². The van der Waals surface area contributed by atoms with Gasteiger partial charge in [0.15, 0.2) is 0 Å². The molecule has 0 bridgehead atoms. The number of aliphatic hydroxyl groups excluding tert-OH is 1. The topological polar surface area (TPSA) is 32.7 Å². The minimum atomic E-state index is -0.166. The third kappa shape index (κ3) is 9.80. The Morgan fingerprint density at radius 3 is 2.62 bits per heavy atom. The second-order valence-electron chi connectivity index (χ2n) is 3.49. The number of hydrogen-bond donors (Lipinski definition) is 1. The monoisotopic (exact) mass is 189 g/mol. The van der Waals surface area contributed by atoms with Crippen LogP contribution in [0.3, 0.4) is 0 Å². The van der Waals surface area contributed by atoms with E-state index in [0.717, 1.165) is 39.1 Å². The van der Waals surface area contributed by atoms with Gasteiger partial charge in [-0.2, -0.15) is 0 Å². The van der Waals surface area contributed by atoms with Gasteiger partial charge >= 0.3 is 0 Å². The van der Waals surface area contributed by atoms with Gasteiger partial charge in [-0.1, -0.05) is 0 Å². The molecule has 0 aliphatic rings. The molecule has 1 N–H and O–H groups in total. The molecule has 0 spiro atoms. The van der Waals surface area contributed by atoms with E-state index < -0.39 is 0 Å². The molecule has 0 radical (unpaired) electrons. The van der Waals surface area contributed by atoms with E-state index >= 15 is 0 Å². The van der Waals surface area contributed by atoms with Crippen molar-refractivity contribution in [3.8, 4) is 0 Å². The van der Waals surface area contributed by atoms with E-state index in [1.807, 2.05) is 13.8 Å². The number of aliphatic hydroxyl groups is 1. The summed E-state index contributed by atoms with van der Waals surface area (Å²) in [6.45, 7) is 7.46.